The fraction of sp³-hybridized carbons (Fsp3) is 0.364. The number of nitrogens with zero attached hydrogens (tertiary/aromatic N) is 3. The molecule has 2 aromatic heterocycles. The van der Waals surface area contributed by atoms with Gasteiger partial charge in [0.1, 0.15) is 0 Å². The lowest BCUT2D eigenvalue weighted by Gasteiger charge is -2.04. The number of hydrogen-bond acceptors (Lipinski definition) is 6. The average Bonchev–Trinajstić information content (AvgIpc) is 2.72. The maximum atomic E-state index is 5.64. The Morgan fingerprint density at radius 1 is 1.29 bits per heavy atom. The van der Waals surface area contributed by atoms with E-state index in [4.69, 9.17) is 10.5 Å². The Bertz CT molecular complexity index is 512. The number of nitrogen functional groups attached to an aromatic ring is 1. The number of rotatable bonds is 4. The number of ether oxygens (including phenoxy) is 1. The maximum absolute atomic E-state index is 5.64. The number of anilines is 1. The van der Waals surface area contributed by atoms with Gasteiger partial charge in [-0.3, -0.25) is 0 Å². The maximum Gasteiger partial charge on any atom is 0.321 e. The minimum absolute atomic E-state index is 0.187. The summed E-state index contributed by atoms with van der Waals surface area (Å²) >= 11 is 1.62. The Balaban J connectivity index is 2.31. The van der Waals surface area contributed by atoms with Crippen LogP contribution in [-0.2, 0) is 0 Å². The van der Waals surface area contributed by atoms with Crippen LogP contribution in [0, 0.1) is 6.92 Å². The molecule has 0 radical (unpaired) electrons. The van der Waals surface area contributed by atoms with E-state index in [-0.39, 0.29) is 5.95 Å². The fourth-order valence-electron chi connectivity index (χ4n) is 1.29. The topological polar surface area (TPSA) is 73.9 Å². The highest BCUT2D eigenvalue weighted by molar-refractivity contribution is 7.15. The van der Waals surface area contributed by atoms with E-state index in [1.165, 1.54) is 4.88 Å². The molecule has 2 rings (SSSR count). The molecule has 0 aliphatic heterocycles. The van der Waals surface area contributed by atoms with Gasteiger partial charge in [0, 0.05) is 4.88 Å². The summed E-state index contributed by atoms with van der Waals surface area (Å²) in [5.74, 6) is 0.758. The summed E-state index contributed by atoms with van der Waals surface area (Å²) in [6.07, 6.45) is 0.902. The van der Waals surface area contributed by atoms with E-state index < -0.39 is 0 Å². The van der Waals surface area contributed by atoms with Gasteiger partial charge in [-0.2, -0.15) is 15.0 Å². The summed E-state index contributed by atoms with van der Waals surface area (Å²) in [6, 6.07) is 4.28. The van der Waals surface area contributed by atoms with E-state index in [1.807, 2.05) is 26.0 Å². The van der Waals surface area contributed by atoms with Gasteiger partial charge in [0.25, 0.3) is 0 Å². The van der Waals surface area contributed by atoms with Gasteiger partial charge < -0.3 is 10.5 Å². The van der Waals surface area contributed by atoms with Gasteiger partial charge in [0.05, 0.1) is 11.5 Å². The van der Waals surface area contributed by atoms with Gasteiger partial charge in [0.2, 0.25) is 5.95 Å². The Hall–Kier alpha value is -1.69. The molecule has 5 nitrogen and oxygen atoms in total. The Kier molecular flexibility index (Phi) is 3.53. The third kappa shape index (κ3) is 2.91. The zero-order chi connectivity index (χ0) is 12.3. The van der Waals surface area contributed by atoms with Crippen LogP contribution in [0.2, 0.25) is 0 Å². The molecular weight excluding hydrogens is 236 g/mol. The summed E-state index contributed by atoms with van der Waals surface area (Å²) < 4.78 is 5.37. The van der Waals surface area contributed by atoms with Crippen molar-refractivity contribution in [2.75, 3.05) is 12.3 Å². The number of nitrogens with two attached hydrogens (primary N) is 1. The second-order valence-electron chi connectivity index (χ2n) is 3.56. The zero-order valence-corrected chi connectivity index (χ0v) is 10.6. The van der Waals surface area contributed by atoms with Gasteiger partial charge in [-0.1, -0.05) is 6.92 Å². The molecule has 0 amide bonds. The molecule has 0 aliphatic carbocycles. The number of thiophene rings is 1. The summed E-state index contributed by atoms with van der Waals surface area (Å²) in [5, 5.41) is 0. The number of aromatic nitrogens is 3. The quantitative estimate of drug-likeness (QED) is 0.901. The van der Waals surface area contributed by atoms with Crippen LogP contribution in [-0.4, -0.2) is 21.6 Å². The predicted octanol–water partition coefficient (Wildman–Crippen LogP) is 2.28. The molecule has 90 valence electrons. The van der Waals surface area contributed by atoms with Gasteiger partial charge in [-0.15, -0.1) is 11.3 Å². The second kappa shape index (κ2) is 5.09. The van der Waals surface area contributed by atoms with E-state index in [0.29, 0.717) is 18.4 Å². The molecule has 0 atom stereocenters. The lowest BCUT2D eigenvalue weighted by Crippen LogP contribution is -2.05. The summed E-state index contributed by atoms with van der Waals surface area (Å²) in [4.78, 5) is 14.5. The average molecular weight is 250 g/mol. The zero-order valence-electron chi connectivity index (χ0n) is 9.80. The number of hydrogen-bond donors (Lipinski definition) is 1. The standard InChI is InChI=1S/C11H14N4OS/c1-3-6-16-11-14-9(13-10(12)15-11)8-5-4-7(2)17-8/h4-5H,3,6H2,1-2H3,(H2,12,13,14,15). The molecule has 0 aromatic carbocycles. The molecule has 2 aromatic rings. The second-order valence-corrected chi connectivity index (χ2v) is 4.85. The monoisotopic (exact) mass is 250 g/mol. The Labute approximate surface area is 104 Å². The molecule has 0 bridgehead atoms. The smallest absolute Gasteiger partial charge is 0.321 e. The first-order valence-corrected chi connectivity index (χ1v) is 6.22. The van der Waals surface area contributed by atoms with E-state index in [0.717, 1.165) is 11.3 Å². The molecule has 0 spiro atoms. The first kappa shape index (κ1) is 11.8. The summed E-state index contributed by atoms with van der Waals surface area (Å²) in [7, 11) is 0. The number of aryl methyl sites for hydroxylation is 1. The largest absolute Gasteiger partial charge is 0.463 e. The van der Waals surface area contributed by atoms with E-state index in [9.17, 15) is 0 Å². The molecule has 17 heavy (non-hydrogen) atoms. The van der Waals surface area contributed by atoms with E-state index in [1.54, 1.807) is 11.3 Å². The Morgan fingerprint density at radius 3 is 2.76 bits per heavy atom. The van der Waals surface area contributed by atoms with Crippen LogP contribution in [0.3, 0.4) is 0 Å². The van der Waals surface area contributed by atoms with Gasteiger partial charge in [-0.25, -0.2) is 0 Å². The van der Waals surface area contributed by atoms with Crippen molar-refractivity contribution < 1.29 is 4.74 Å². The Morgan fingerprint density at radius 2 is 2.12 bits per heavy atom. The van der Waals surface area contributed by atoms with Crippen molar-refractivity contribution in [1.82, 2.24) is 15.0 Å². The third-order valence-electron chi connectivity index (χ3n) is 2.03. The van der Waals surface area contributed by atoms with Crippen LogP contribution in [0.15, 0.2) is 12.1 Å². The minimum atomic E-state index is 0.187. The van der Waals surface area contributed by atoms with Crippen LogP contribution in [0.5, 0.6) is 6.01 Å². The predicted molar refractivity (Wildman–Crippen MR) is 68.1 cm³/mol. The molecule has 0 aliphatic rings. The molecule has 0 saturated carbocycles. The van der Waals surface area contributed by atoms with Crippen LogP contribution < -0.4 is 10.5 Å². The lowest BCUT2D eigenvalue weighted by molar-refractivity contribution is 0.292. The molecular formula is C11H14N4OS. The highest BCUT2D eigenvalue weighted by Gasteiger charge is 2.09. The fourth-order valence-corrected chi connectivity index (χ4v) is 2.10. The lowest BCUT2D eigenvalue weighted by atomic mass is 10.4. The normalized spacial score (nSPS) is 10.5. The molecule has 0 fully saturated rings. The summed E-state index contributed by atoms with van der Waals surface area (Å²) in [5.41, 5.74) is 5.64. The van der Waals surface area contributed by atoms with Gasteiger partial charge >= 0.3 is 6.01 Å². The van der Waals surface area contributed by atoms with Crippen molar-refractivity contribution >= 4 is 17.3 Å². The van der Waals surface area contributed by atoms with E-state index in [2.05, 4.69) is 15.0 Å². The van der Waals surface area contributed by atoms with Crippen molar-refractivity contribution in [1.29, 1.82) is 0 Å². The molecule has 0 saturated heterocycles. The van der Waals surface area contributed by atoms with Crippen LogP contribution >= 0.6 is 11.3 Å². The van der Waals surface area contributed by atoms with Crippen molar-refractivity contribution in [2.45, 2.75) is 20.3 Å². The van der Waals surface area contributed by atoms with Crippen LogP contribution in [0.25, 0.3) is 10.7 Å². The first-order valence-electron chi connectivity index (χ1n) is 5.40. The van der Waals surface area contributed by atoms with Crippen LogP contribution in [0.4, 0.5) is 5.95 Å². The molecule has 2 heterocycles. The molecule has 0 unspecified atom stereocenters. The minimum Gasteiger partial charge on any atom is -0.463 e. The van der Waals surface area contributed by atoms with Crippen molar-refractivity contribution in [2.24, 2.45) is 0 Å². The summed E-state index contributed by atoms with van der Waals surface area (Å²) in [6.45, 7) is 4.63. The van der Waals surface area contributed by atoms with Gasteiger partial charge in [-0.05, 0) is 25.5 Å². The highest BCUT2D eigenvalue weighted by Crippen LogP contribution is 2.25. The highest BCUT2D eigenvalue weighted by atomic mass is 32.1. The molecule has 2 N–H and O–H groups in total. The SMILES string of the molecule is CCCOc1nc(N)nc(-c2ccc(C)s2)n1. The van der Waals surface area contributed by atoms with Crippen LogP contribution in [0.1, 0.15) is 18.2 Å². The van der Waals surface area contributed by atoms with Crippen molar-refractivity contribution in [3.63, 3.8) is 0 Å². The first-order chi connectivity index (χ1) is 8.19. The molecule has 6 heteroatoms. The van der Waals surface area contributed by atoms with E-state index >= 15 is 0 Å². The third-order valence-corrected chi connectivity index (χ3v) is 3.02. The van der Waals surface area contributed by atoms with Crippen molar-refractivity contribution in [3.8, 4) is 16.7 Å². The van der Waals surface area contributed by atoms with Crippen molar-refractivity contribution in [3.05, 3.63) is 17.0 Å². The van der Waals surface area contributed by atoms with Gasteiger partial charge in [0.15, 0.2) is 5.82 Å².